The molecule has 1 aliphatic rings. The third-order valence-electron chi connectivity index (χ3n) is 2.56. The maximum absolute atomic E-state index is 11.5. The van der Waals surface area contributed by atoms with Crippen molar-refractivity contribution in [3.63, 3.8) is 0 Å². The lowest BCUT2D eigenvalue weighted by Crippen LogP contribution is -2.17. The monoisotopic (exact) mass is 230 g/mol. The fraction of sp³-hybridized carbons (Fsp3) is 0.214. The van der Waals surface area contributed by atoms with E-state index in [9.17, 15) is 4.79 Å². The highest BCUT2D eigenvalue weighted by Gasteiger charge is 2.28. The second kappa shape index (κ2) is 4.87. The van der Waals surface area contributed by atoms with Gasteiger partial charge in [0.15, 0.2) is 0 Å². The van der Waals surface area contributed by atoms with Crippen LogP contribution >= 0.6 is 0 Å². The lowest BCUT2D eigenvalue weighted by molar-refractivity contribution is -0.136. The molecular formula is C14H14O3. The zero-order valence-corrected chi connectivity index (χ0v) is 9.90. The molecule has 0 aliphatic heterocycles. The Balaban J connectivity index is 2.28. The zero-order valence-electron chi connectivity index (χ0n) is 9.90. The lowest BCUT2D eigenvalue weighted by atomic mass is 9.90. The van der Waals surface area contributed by atoms with Crippen LogP contribution in [0.5, 0.6) is 0 Å². The lowest BCUT2D eigenvalue weighted by Gasteiger charge is -2.22. The molecule has 3 nitrogen and oxygen atoms in total. The van der Waals surface area contributed by atoms with Gasteiger partial charge < -0.3 is 9.47 Å². The van der Waals surface area contributed by atoms with Gasteiger partial charge in [-0.1, -0.05) is 30.3 Å². The van der Waals surface area contributed by atoms with E-state index in [2.05, 4.69) is 0 Å². The summed E-state index contributed by atoms with van der Waals surface area (Å²) in [6.07, 6.45) is 1.80. The van der Waals surface area contributed by atoms with Crippen molar-refractivity contribution in [2.45, 2.75) is 6.92 Å². The average molecular weight is 230 g/mol. The molecule has 1 aromatic rings. The standard InChI is InChI=1S/C14H14O3/c1-3-17-13-11(9-12(13)14(15)16-2)10-7-5-4-6-8-10/h4-9H,3H2,1-2H3. The molecule has 0 heterocycles. The molecule has 0 bridgehead atoms. The molecule has 0 aromatic heterocycles. The van der Waals surface area contributed by atoms with Crippen LogP contribution in [0.15, 0.2) is 47.7 Å². The Labute approximate surface area is 100 Å². The fourth-order valence-corrected chi connectivity index (χ4v) is 1.74. The van der Waals surface area contributed by atoms with Gasteiger partial charge in [-0.05, 0) is 18.6 Å². The maximum atomic E-state index is 11.5. The number of ether oxygens (including phenoxy) is 2. The van der Waals surface area contributed by atoms with E-state index in [1.54, 1.807) is 6.08 Å². The number of carbonyl (C=O) groups is 1. The maximum Gasteiger partial charge on any atom is 0.341 e. The van der Waals surface area contributed by atoms with E-state index in [0.29, 0.717) is 17.9 Å². The number of methoxy groups -OCH3 is 1. The molecule has 88 valence electrons. The Morgan fingerprint density at radius 3 is 2.53 bits per heavy atom. The van der Waals surface area contributed by atoms with Crippen LogP contribution in [0.25, 0.3) is 5.57 Å². The number of hydrogen-bond donors (Lipinski definition) is 0. The topological polar surface area (TPSA) is 35.5 Å². The minimum atomic E-state index is -0.354. The third-order valence-corrected chi connectivity index (χ3v) is 2.56. The van der Waals surface area contributed by atoms with E-state index in [-0.39, 0.29) is 5.97 Å². The molecule has 0 fully saturated rings. The second-order valence-electron chi connectivity index (χ2n) is 3.59. The van der Waals surface area contributed by atoms with Gasteiger partial charge in [-0.15, -0.1) is 0 Å². The smallest absolute Gasteiger partial charge is 0.341 e. The first kappa shape index (κ1) is 11.5. The number of rotatable bonds is 4. The van der Waals surface area contributed by atoms with Crippen LogP contribution < -0.4 is 0 Å². The second-order valence-corrected chi connectivity index (χ2v) is 3.59. The molecule has 0 radical (unpaired) electrons. The molecule has 0 spiro atoms. The van der Waals surface area contributed by atoms with Crippen LogP contribution in [0.3, 0.4) is 0 Å². The van der Waals surface area contributed by atoms with E-state index in [4.69, 9.17) is 9.47 Å². The summed E-state index contributed by atoms with van der Waals surface area (Å²) in [5.41, 5.74) is 2.50. The molecular weight excluding hydrogens is 216 g/mol. The molecule has 0 amide bonds. The van der Waals surface area contributed by atoms with Crippen molar-refractivity contribution in [2.24, 2.45) is 0 Å². The van der Waals surface area contributed by atoms with Gasteiger partial charge in [0.25, 0.3) is 0 Å². The van der Waals surface area contributed by atoms with Crippen LogP contribution in [0.4, 0.5) is 0 Å². The summed E-state index contributed by atoms with van der Waals surface area (Å²) >= 11 is 0. The minimum Gasteiger partial charge on any atom is -0.492 e. The van der Waals surface area contributed by atoms with E-state index >= 15 is 0 Å². The molecule has 0 saturated carbocycles. The summed E-state index contributed by atoms with van der Waals surface area (Å²) in [6.45, 7) is 2.42. The Kier molecular flexibility index (Phi) is 3.28. The molecule has 1 aromatic carbocycles. The molecule has 1 aliphatic carbocycles. The van der Waals surface area contributed by atoms with Crippen molar-refractivity contribution in [3.05, 3.63) is 53.3 Å². The summed E-state index contributed by atoms with van der Waals surface area (Å²) < 4.78 is 10.2. The average Bonchev–Trinajstić information content (AvgIpc) is 2.36. The summed E-state index contributed by atoms with van der Waals surface area (Å²) in [4.78, 5) is 11.5. The van der Waals surface area contributed by atoms with Crippen molar-refractivity contribution >= 4 is 11.5 Å². The normalized spacial score (nSPS) is 13.9. The van der Waals surface area contributed by atoms with Crippen LogP contribution in [-0.2, 0) is 14.3 Å². The first-order valence-electron chi connectivity index (χ1n) is 5.50. The predicted molar refractivity (Wildman–Crippen MR) is 65.1 cm³/mol. The minimum absolute atomic E-state index is 0.354. The van der Waals surface area contributed by atoms with E-state index in [1.165, 1.54) is 7.11 Å². The largest absolute Gasteiger partial charge is 0.492 e. The third kappa shape index (κ3) is 2.09. The van der Waals surface area contributed by atoms with Crippen LogP contribution in [0, 0.1) is 0 Å². The van der Waals surface area contributed by atoms with Crippen LogP contribution in [0.1, 0.15) is 12.5 Å². The van der Waals surface area contributed by atoms with Gasteiger partial charge in [0.2, 0.25) is 0 Å². The van der Waals surface area contributed by atoms with Crippen molar-refractivity contribution in [1.29, 1.82) is 0 Å². The zero-order chi connectivity index (χ0) is 12.3. The van der Waals surface area contributed by atoms with Crippen molar-refractivity contribution in [1.82, 2.24) is 0 Å². The highest BCUT2D eigenvalue weighted by molar-refractivity contribution is 6.05. The van der Waals surface area contributed by atoms with Gasteiger partial charge in [0, 0.05) is 5.57 Å². The van der Waals surface area contributed by atoms with Crippen molar-refractivity contribution in [3.8, 4) is 0 Å². The number of allylic oxidation sites excluding steroid dienone is 2. The first-order chi connectivity index (χ1) is 8.27. The molecule has 0 N–H and O–H groups in total. The number of benzene rings is 1. The van der Waals surface area contributed by atoms with Gasteiger partial charge in [-0.3, -0.25) is 0 Å². The Morgan fingerprint density at radius 1 is 1.24 bits per heavy atom. The van der Waals surface area contributed by atoms with E-state index in [0.717, 1.165) is 11.1 Å². The quantitative estimate of drug-likeness (QED) is 0.746. The first-order valence-corrected chi connectivity index (χ1v) is 5.50. The van der Waals surface area contributed by atoms with Gasteiger partial charge in [-0.25, -0.2) is 4.79 Å². The Hall–Kier alpha value is -2.03. The van der Waals surface area contributed by atoms with Crippen molar-refractivity contribution < 1.29 is 14.3 Å². The van der Waals surface area contributed by atoms with Gasteiger partial charge in [-0.2, -0.15) is 0 Å². The Morgan fingerprint density at radius 2 is 1.94 bits per heavy atom. The molecule has 3 heteroatoms. The molecule has 2 rings (SSSR count). The molecule has 0 atom stereocenters. The molecule has 0 unspecified atom stereocenters. The summed E-state index contributed by atoms with van der Waals surface area (Å²) in [7, 11) is 1.37. The van der Waals surface area contributed by atoms with Crippen LogP contribution in [0.2, 0.25) is 0 Å². The predicted octanol–water partition coefficient (Wildman–Crippen LogP) is 2.55. The van der Waals surface area contributed by atoms with Gasteiger partial charge in [0.1, 0.15) is 11.3 Å². The van der Waals surface area contributed by atoms with E-state index in [1.807, 2.05) is 37.3 Å². The number of carbonyl (C=O) groups excluding carboxylic acids is 1. The highest BCUT2D eigenvalue weighted by atomic mass is 16.5. The summed E-state index contributed by atoms with van der Waals surface area (Å²) in [5.74, 6) is 0.277. The van der Waals surface area contributed by atoms with Gasteiger partial charge >= 0.3 is 5.97 Å². The van der Waals surface area contributed by atoms with Gasteiger partial charge in [0.05, 0.1) is 13.7 Å². The fourth-order valence-electron chi connectivity index (χ4n) is 1.74. The van der Waals surface area contributed by atoms with Crippen molar-refractivity contribution in [2.75, 3.05) is 13.7 Å². The number of esters is 1. The number of hydrogen-bond acceptors (Lipinski definition) is 3. The highest BCUT2D eigenvalue weighted by Crippen LogP contribution is 2.36. The van der Waals surface area contributed by atoms with E-state index < -0.39 is 0 Å². The SMILES string of the molecule is CCOC1=C(c2ccccc2)C=C1C(=O)OC. The summed E-state index contributed by atoms with van der Waals surface area (Å²) in [6, 6.07) is 9.83. The summed E-state index contributed by atoms with van der Waals surface area (Å²) in [5, 5.41) is 0. The van der Waals surface area contributed by atoms with Crippen LogP contribution in [-0.4, -0.2) is 19.7 Å². The molecule has 17 heavy (non-hydrogen) atoms. The molecule has 0 saturated heterocycles. The Bertz CT molecular complexity index is 483.